The minimum Gasteiger partial charge on any atom is -0.479 e. The van der Waals surface area contributed by atoms with Gasteiger partial charge in [-0.2, -0.15) is 4.98 Å². The maximum Gasteiger partial charge on any atom is 0.473 e. The minimum absolute atomic E-state index is 0.0565. The Bertz CT molecular complexity index is 1030. The zero-order valence-electron chi connectivity index (χ0n) is 15.8. The second-order valence-electron chi connectivity index (χ2n) is 6.59. The van der Waals surface area contributed by atoms with Gasteiger partial charge >= 0.3 is 19.5 Å². The largest absolute Gasteiger partial charge is 0.479 e. The monoisotopic (exact) mass is 457 g/mol. The topological polar surface area (TPSA) is 204 Å². The molecule has 0 amide bonds. The number of ether oxygens (including phenoxy) is 1. The third kappa shape index (κ3) is 5.35. The van der Waals surface area contributed by atoms with E-state index in [4.69, 9.17) is 19.5 Å². The molecule has 6 atom stereocenters. The van der Waals surface area contributed by atoms with E-state index in [0.717, 1.165) is 4.57 Å². The average molecular weight is 457 g/mol. The predicted octanol–water partition coefficient (Wildman–Crippen LogP) is -0.596. The number of nitrogens with two attached hydrogens (primary N) is 1. The van der Waals surface area contributed by atoms with Gasteiger partial charge in [-0.05, 0) is 11.6 Å². The summed E-state index contributed by atoms with van der Waals surface area (Å²) in [6.45, 7) is -0.749. The number of aliphatic hydroxyl groups is 2. The van der Waals surface area contributed by atoms with Crippen molar-refractivity contribution in [3.63, 3.8) is 0 Å². The molecule has 1 aromatic heterocycles. The number of nitrogen functional groups attached to an aromatic ring is 1. The van der Waals surface area contributed by atoms with Crippen molar-refractivity contribution in [3.05, 3.63) is 58.6 Å². The van der Waals surface area contributed by atoms with Gasteiger partial charge < -0.3 is 30.7 Å². The van der Waals surface area contributed by atoms with Gasteiger partial charge in [-0.1, -0.05) is 30.3 Å². The van der Waals surface area contributed by atoms with Crippen LogP contribution >= 0.6 is 7.82 Å². The summed E-state index contributed by atoms with van der Waals surface area (Å²) >= 11 is 0. The summed E-state index contributed by atoms with van der Waals surface area (Å²) in [5.74, 6) is -1.58. The van der Waals surface area contributed by atoms with Crippen LogP contribution in [-0.4, -0.2) is 60.7 Å². The van der Waals surface area contributed by atoms with E-state index in [1.807, 2.05) is 0 Å². The molecule has 1 saturated heterocycles. The summed E-state index contributed by atoms with van der Waals surface area (Å²) in [4.78, 5) is 36.8. The number of rotatable bonds is 8. The molecule has 1 aliphatic rings. The van der Waals surface area contributed by atoms with Gasteiger partial charge in [-0.25, -0.2) is 14.2 Å². The lowest BCUT2D eigenvalue weighted by molar-refractivity contribution is -0.146. The highest BCUT2D eigenvalue weighted by molar-refractivity contribution is 7.47. The summed E-state index contributed by atoms with van der Waals surface area (Å²) in [5, 5.41) is 29.6. The Kier molecular flexibility index (Phi) is 6.86. The van der Waals surface area contributed by atoms with E-state index in [1.54, 1.807) is 6.07 Å². The second kappa shape index (κ2) is 9.24. The fourth-order valence-corrected chi connectivity index (χ4v) is 3.80. The molecule has 0 spiro atoms. The summed E-state index contributed by atoms with van der Waals surface area (Å²) in [6, 6.07) is 8.73. The van der Waals surface area contributed by atoms with Crippen LogP contribution in [0.3, 0.4) is 0 Å². The van der Waals surface area contributed by atoms with Crippen LogP contribution in [0.1, 0.15) is 17.9 Å². The van der Waals surface area contributed by atoms with Crippen LogP contribution in [0.5, 0.6) is 0 Å². The van der Waals surface area contributed by atoms with Gasteiger partial charge in [0.25, 0.3) is 0 Å². The molecule has 14 heteroatoms. The maximum absolute atomic E-state index is 12.3. The Morgan fingerprint density at radius 2 is 1.94 bits per heavy atom. The first-order chi connectivity index (χ1) is 14.6. The van der Waals surface area contributed by atoms with E-state index in [1.165, 1.54) is 36.5 Å². The second-order valence-corrected chi connectivity index (χ2v) is 7.99. The van der Waals surface area contributed by atoms with Gasteiger partial charge in [0.2, 0.25) is 0 Å². The van der Waals surface area contributed by atoms with Crippen molar-refractivity contribution in [2.24, 2.45) is 0 Å². The SMILES string of the molecule is Nc1ccn([C@@H]2O[C@H](COP(=O)(O)O[C@@H](C(=O)O)c3ccccc3)[C@@H](O)[C@H]2O)c(=O)n1. The maximum atomic E-state index is 12.3. The van der Waals surface area contributed by atoms with Crippen molar-refractivity contribution >= 4 is 19.6 Å². The molecular formula is C17H20N3O10P. The van der Waals surface area contributed by atoms with Crippen molar-refractivity contribution < 1.29 is 43.4 Å². The number of benzene rings is 1. The number of nitrogens with zero attached hydrogens (tertiary/aromatic N) is 2. The molecule has 0 aliphatic carbocycles. The van der Waals surface area contributed by atoms with Gasteiger partial charge in [0.15, 0.2) is 12.3 Å². The molecule has 168 valence electrons. The number of aliphatic hydroxyl groups excluding tert-OH is 2. The van der Waals surface area contributed by atoms with Gasteiger partial charge in [-0.15, -0.1) is 0 Å². The Hall–Kier alpha value is -2.64. The first kappa shape index (κ1) is 23.0. The molecule has 0 radical (unpaired) electrons. The Morgan fingerprint density at radius 3 is 2.55 bits per heavy atom. The highest BCUT2D eigenvalue weighted by Gasteiger charge is 2.45. The summed E-state index contributed by atoms with van der Waals surface area (Å²) in [5.41, 5.74) is 4.66. The molecule has 1 aromatic carbocycles. The minimum atomic E-state index is -4.93. The first-order valence-corrected chi connectivity index (χ1v) is 10.4. The van der Waals surface area contributed by atoms with E-state index in [0.29, 0.717) is 0 Å². The number of carbonyl (C=O) groups is 1. The lowest BCUT2D eigenvalue weighted by Gasteiger charge is -2.20. The summed E-state index contributed by atoms with van der Waals surface area (Å²) < 4.78 is 28.1. The standard InChI is InChI=1S/C17H20N3O10P/c18-11-6-7-20(17(25)19-11)15-13(22)12(21)10(29-15)8-28-31(26,27)30-14(16(23)24)9-4-2-1-3-5-9/h1-7,10,12-15,21-22H,8H2,(H,23,24)(H,26,27)(H2,18,19,25)/t10-,12-,13-,14-,15-/m1/s1. The Morgan fingerprint density at radius 1 is 1.26 bits per heavy atom. The number of hydrogen-bond donors (Lipinski definition) is 5. The third-order valence-electron chi connectivity index (χ3n) is 4.43. The number of aliphatic carboxylic acids is 1. The van der Waals surface area contributed by atoms with E-state index in [-0.39, 0.29) is 11.4 Å². The normalized spacial score (nSPS) is 26.3. The van der Waals surface area contributed by atoms with Crippen LogP contribution in [0.2, 0.25) is 0 Å². The molecule has 3 rings (SSSR count). The number of carboxylic acids is 1. The number of aromatic nitrogens is 2. The van der Waals surface area contributed by atoms with Crippen molar-refractivity contribution in [3.8, 4) is 0 Å². The molecule has 1 unspecified atom stereocenters. The van der Waals surface area contributed by atoms with Crippen LogP contribution in [0.4, 0.5) is 5.82 Å². The van der Waals surface area contributed by atoms with Gasteiger partial charge in [0.05, 0.1) is 6.61 Å². The number of anilines is 1. The van der Waals surface area contributed by atoms with Gasteiger partial charge in [-0.3, -0.25) is 13.6 Å². The molecule has 2 aromatic rings. The highest BCUT2D eigenvalue weighted by Crippen LogP contribution is 2.48. The van der Waals surface area contributed by atoms with Crippen molar-refractivity contribution in [1.29, 1.82) is 0 Å². The van der Waals surface area contributed by atoms with Crippen LogP contribution in [0.25, 0.3) is 0 Å². The molecule has 13 nitrogen and oxygen atoms in total. The van der Waals surface area contributed by atoms with Crippen LogP contribution in [0, 0.1) is 0 Å². The van der Waals surface area contributed by atoms with E-state index >= 15 is 0 Å². The Labute approximate surface area is 174 Å². The zero-order valence-corrected chi connectivity index (χ0v) is 16.7. The molecule has 2 heterocycles. The number of phosphoric acid groups is 1. The summed E-state index contributed by atoms with van der Waals surface area (Å²) in [6.07, 6.45) is -6.48. The molecule has 0 bridgehead atoms. The third-order valence-corrected chi connectivity index (χ3v) is 5.38. The Balaban J connectivity index is 1.67. The number of hydrogen-bond acceptors (Lipinski definition) is 10. The zero-order chi connectivity index (χ0) is 22.8. The van der Waals surface area contributed by atoms with Crippen molar-refractivity contribution in [2.45, 2.75) is 30.6 Å². The molecule has 1 aliphatic heterocycles. The van der Waals surface area contributed by atoms with Crippen LogP contribution < -0.4 is 11.4 Å². The smallest absolute Gasteiger partial charge is 0.473 e. The number of phosphoric ester groups is 1. The fraction of sp³-hybridized carbons (Fsp3) is 0.353. The average Bonchev–Trinajstić information content (AvgIpc) is 2.99. The van der Waals surface area contributed by atoms with Crippen LogP contribution in [-0.2, 0) is 23.1 Å². The van der Waals surface area contributed by atoms with E-state index in [2.05, 4.69) is 4.98 Å². The molecule has 6 N–H and O–H groups in total. The predicted molar refractivity (Wildman–Crippen MR) is 103 cm³/mol. The number of carboxylic acid groups (broad SMARTS) is 1. The van der Waals surface area contributed by atoms with Crippen LogP contribution in [0.15, 0.2) is 47.4 Å². The molecule has 1 fully saturated rings. The van der Waals surface area contributed by atoms with E-state index in [9.17, 15) is 34.4 Å². The fourth-order valence-electron chi connectivity index (χ4n) is 2.92. The molecule has 31 heavy (non-hydrogen) atoms. The van der Waals surface area contributed by atoms with Crippen molar-refractivity contribution in [1.82, 2.24) is 9.55 Å². The van der Waals surface area contributed by atoms with Crippen molar-refractivity contribution in [2.75, 3.05) is 12.3 Å². The van der Waals surface area contributed by atoms with Gasteiger partial charge in [0.1, 0.15) is 24.1 Å². The molecule has 0 saturated carbocycles. The first-order valence-electron chi connectivity index (χ1n) is 8.89. The lowest BCUT2D eigenvalue weighted by atomic mass is 10.1. The molecular weight excluding hydrogens is 437 g/mol. The highest BCUT2D eigenvalue weighted by atomic mass is 31.2. The quantitative estimate of drug-likeness (QED) is 0.315. The summed E-state index contributed by atoms with van der Waals surface area (Å²) in [7, 11) is -4.93. The van der Waals surface area contributed by atoms with Gasteiger partial charge in [0, 0.05) is 6.20 Å². The van der Waals surface area contributed by atoms with E-state index < -0.39 is 56.7 Å². The lowest BCUT2D eigenvalue weighted by Crippen LogP contribution is -2.36.